The first-order valence-corrected chi connectivity index (χ1v) is 10.4. The van der Waals surface area contributed by atoms with E-state index in [0.29, 0.717) is 22.2 Å². The van der Waals surface area contributed by atoms with Crippen LogP contribution in [0.1, 0.15) is 40.4 Å². The molecule has 1 amide bonds. The fourth-order valence-corrected chi connectivity index (χ4v) is 3.94. The number of nitrogens with one attached hydrogen (secondary N) is 2. The Labute approximate surface area is 180 Å². The molecule has 0 spiro atoms. The third kappa shape index (κ3) is 4.64. The maximum atomic E-state index is 13.0. The van der Waals surface area contributed by atoms with Crippen molar-refractivity contribution in [1.29, 1.82) is 0 Å². The number of halogens is 2. The van der Waals surface area contributed by atoms with Gasteiger partial charge >= 0.3 is 0 Å². The predicted molar refractivity (Wildman–Crippen MR) is 116 cm³/mol. The molecular formula is C22H22Cl2N4O. The normalized spacial score (nSPS) is 14.7. The molecule has 1 fully saturated rings. The monoisotopic (exact) mass is 428 g/mol. The lowest BCUT2D eigenvalue weighted by Crippen LogP contribution is -2.30. The molecule has 2 N–H and O–H groups in total. The second-order valence-corrected chi connectivity index (χ2v) is 8.04. The van der Waals surface area contributed by atoms with Crippen molar-refractivity contribution in [3.8, 4) is 5.69 Å². The first-order valence-electron chi connectivity index (χ1n) is 9.69. The molecular weight excluding hydrogens is 407 g/mol. The van der Waals surface area contributed by atoms with Gasteiger partial charge in [0, 0.05) is 22.5 Å². The van der Waals surface area contributed by atoms with E-state index in [4.69, 9.17) is 23.2 Å². The number of piperidine rings is 1. The van der Waals surface area contributed by atoms with Gasteiger partial charge in [-0.15, -0.1) is 0 Å². The molecule has 150 valence electrons. The van der Waals surface area contributed by atoms with Gasteiger partial charge in [0.25, 0.3) is 5.91 Å². The molecule has 5 nitrogen and oxygen atoms in total. The molecule has 2 aromatic carbocycles. The van der Waals surface area contributed by atoms with Gasteiger partial charge in [0.1, 0.15) is 0 Å². The van der Waals surface area contributed by atoms with Gasteiger partial charge in [-0.3, -0.25) is 4.79 Å². The van der Waals surface area contributed by atoms with Crippen LogP contribution >= 0.6 is 23.2 Å². The van der Waals surface area contributed by atoms with Gasteiger partial charge in [-0.1, -0.05) is 35.3 Å². The fourth-order valence-electron chi connectivity index (χ4n) is 3.69. The summed E-state index contributed by atoms with van der Waals surface area (Å²) in [4.78, 5) is 13.0. The Kier molecular flexibility index (Phi) is 6.19. The lowest BCUT2D eigenvalue weighted by molar-refractivity contribution is 0.0949. The van der Waals surface area contributed by atoms with E-state index in [-0.39, 0.29) is 11.8 Å². The second-order valence-electron chi connectivity index (χ2n) is 7.17. The second kappa shape index (κ2) is 8.99. The van der Waals surface area contributed by atoms with Crippen molar-refractivity contribution in [1.82, 2.24) is 20.4 Å². The average molecular weight is 429 g/mol. The Morgan fingerprint density at radius 1 is 1.03 bits per heavy atom. The van der Waals surface area contributed by atoms with E-state index in [9.17, 15) is 4.79 Å². The summed E-state index contributed by atoms with van der Waals surface area (Å²) in [5.41, 5.74) is 3.49. The molecule has 29 heavy (non-hydrogen) atoms. The van der Waals surface area contributed by atoms with Crippen molar-refractivity contribution in [3.63, 3.8) is 0 Å². The first kappa shape index (κ1) is 20.0. The van der Waals surface area contributed by atoms with Gasteiger partial charge in [-0.25, -0.2) is 4.68 Å². The third-order valence-corrected chi connectivity index (χ3v) is 5.72. The molecule has 1 aliphatic heterocycles. The molecule has 0 radical (unpaired) electrons. The summed E-state index contributed by atoms with van der Waals surface area (Å²) in [6.45, 7) is 2.30. The van der Waals surface area contributed by atoms with Crippen LogP contribution in [0.2, 0.25) is 10.0 Å². The van der Waals surface area contributed by atoms with E-state index >= 15 is 0 Å². The van der Waals surface area contributed by atoms with Crippen LogP contribution in [-0.4, -0.2) is 28.8 Å². The van der Waals surface area contributed by atoms with E-state index in [1.807, 2.05) is 53.2 Å². The van der Waals surface area contributed by atoms with E-state index < -0.39 is 0 Å². The fraction of sp³-hybridized carbons (Fsp3) is 0.273. The van der Waals surface area contributed by atoms with E-state index in [2.05, 4.69) is 15.7 Å². The number of amides is 1. The summed E-state index contributed by atoms with van der Waals surface area (Å²) >= 11 is 12.0. The SMILES string of the molecule is O=C(NCc1ccc(Cl)cc1)c1cnn(-c2ccc(Cl)cc2)c1C1CCNCC1. The summed E-state index contributed by atoms with van der Waals surface area (Å²) in [6, 6.07) is 15.0. The zero-order valence-corrected chi connectivity index (χ0v) is 17.4. The van der Waals surface area contributed by atoms with E-state index in [0.717, 1.165) is 42.9 Å². The highest BCUT2D eigenvalue weighted by atomic mass is 35.5. The highest BCUT2D eigenvalue weighted by Crippen LogP contribution is 2.30. The van der Waals surface area contributed by atoms with Crippen LogP contribution in [0.5, 0.6) is 0 Å². The van der Waals surface area contributed by atoms with Crippen LogP contribution in [0.3, 0.4) is 0 Å². The van der Waals surface area contributed by atoms with Gasteiger partial charge in [0.2, 0.25) is 0 Å². The first-order chi connectivity index (χ1) is 14.1. The number of hydrogen-bond donors (Lipinski definition) is 2. The van der Waals surface area contributed by atoms with Gasteiger partial charge < -0.3 is 10.6 Å². The van der Waals surface area contributed by atoms with E-state index in [1.165, 1.54) is 0 Å². The minimum absolute atomic E-state index is 0.117. The molecule has 0 saturated carbocycles. The summed E-state index contributed by atoms with van der Waals surface area (Å²) in [7, 11) is 0. The Hall–Kier alpha value is -2.34. The molecule has 1 aliphatic rings. The quantitative estimate of drug-likeness (QED) is 0.625. The van der Waals surface area contributed by atoms with Crippen molar-refractivity contribution in [3.05, 3.63) is 81.6 Å². The van der Waals surface area contributed by atoms with Crippen LogP contribution < -0.4 is 10.6 Å². The van der Waals surface area contributed by atoms with Gasteiger partial charge in [-0.2, -0.15) is 5.10 Å². The lowest BCUT2D eigenvalue weighted by Gasteiger charge is -2.24. The van der Waals surface area contributed by atoms with Crippen molar-refractivity contribution in [2.75, 3.05) is 13.1 Å². The third-order valence-electron chi connectivity index (χ3n) is 5.21. The molecule has 0 bridgehead atoms. The van der Waals surface area contributed by atoms with Gasteiger partial charge in [-0.05, 0) is 67.9 Å². The lowest BCUT2D eigenvalue weighted by atomic mass is 9.91. The van der Waals surface area contributed by atoms with Crippen LogP contribution in [0.25, 0.3) is 5.69 Å². The highest BCUT2D eigenvalue weighted by molar-refractivity contribution is 6.30. The largest absolute Gasteiger partial charge is 0.348 e. The number of hydrogen-bond acceptors (Lipinski definition) is 3. The molecule has 2 heterocycles. The predicted octanol–water partition coefficient (Wildman–Crippen LogP) is 4.58. The van der Waals surface area contributed by atoms with Gasteiger partial charge in [0.15, 0.2) is 0 Å². The molecule has 1 aromatic heterocycles. The van der Waals surface area contributed by atoms with Crippen LogP contribution in [-0.2, 0) is 6.54 Å². The molecule has 7 heteroatoms. The Morgan fingerprint density at radius 2 is 1.66 bits per heavy atom. The average Bonchev–Trinajstić information content (AvgIpc) is 3.19. The zero-order chi connectivity index (χ0) is 20.2. The molecule has 3 aromatic rings. The maximum absolute atomic E-state index is 13.0. The van der Waals surface area contributed by atoms with Crippen LogP contribution in [0, 0.1) is 0 Å². The smallest absolute Gasteiger partial charge is 0.255 e. The minimum atomic E-state index is -0.117. The van der Waals surface area contributed by atoms with Crippen molar-refractivity contribution < 1.29 is 4.79 Å². The Bertz CT molecular complexity index is 977. The zero-order valence-electron chi connectivity index (χ0n) is 15.9. The summed E-state index contributed by atoms with van der Waals surface area (Å²) < 4.78 is 1.88. The number of carbonyl (C=O) groups is 1. The molecule has 1 saturated heterocycles. The summed E-state index contributed by atoms with van der Waals surface area (Å²) in [5.74, 6) is 0.152. The highest BCUT2D eigenvalue weighted by Gasteiger charge is 2.26. The van der Waals surface area contributed by atoms with Crippen molar-refractivity contribution >= 4 is 29.1 Å². The van der Waals surface area contributed by atoms with Crippen molar-refractivity contribution in [2.45, 2.75) is 25.3 Å². The number of benzene rings is 2. The molecule has 4 rings (SSSR count). The summed E-state index contributed by atoms with van der Waals surface area (Å²) in [6.07, 6.45) is 3.61. The molecule has 0 aliphatic carbocycles. The number of nitrogens with zero attached hydrogens (tertiary/aromatic N) is 2. The number of aromatic nitrogens is 2. The number of carbonyl (C=O) groups excluding carboxylic acids is 1. The van der Waals surface area contributed by atoms with E-state index in [1.54, 1.807) is 6.20 Å². The van der Waals surface area contributed by atoms with Crippen LogP contribution in [0.15, 0.2) is 54.7 Å². The summed E-state index contributed by atoms with van der Waals surface area (Å²) in [5, 5.41) is 12.3. The topological polar surface area (TPSA) is 59.0 Å². The van der Waals surface area contributed by atoms with Gasteiger partial charge in [0.05, 0.1) is 23.1 Å². The standard InChI is InChI=1S/C22H22Cl2N4O/c23-17-3-1-15(2-4-17)13-26-22(29)20-14-27-28(19-7-5-18(24)6-8-19)21(20)16-9-11-25-12-10-16/h1-8,14,16,25H,9-13H2,(H,26,29). The van der Waals surface area contributed by atoms with Crippen molar-refractivity contribution in [2.24, 2.45) is 0 Å². The maximum Gasteiger partial charge on any atom is 0.255 e. The Balaban J connectivity index is 1.62. The molecule has 0 unspecified atom stereocenters. The minimum Gasteiger partial charge on any atom is -0.348 e. The molecule has 0 atom stereocenters. The number of rotatable bonds is 5. The Morgan fingerprint density at radius 3 is 2.31 bits per heavy atom. The van der Waals surface area contributed by atoms with Crippen LogP contribution in [0.4, 0.5) is 0 Å².